The van der Waals surface area contributed by atoms with Crippen LogP contribution in [-0.4, -0.2) is 39.2 Å². The predicted molar refractivity (Wildman–Crippen MR) is 65.7 cm³/mol. The van der Waals surface area contributed by atoms with Crippen LogP contribution in [0.4, 0.5) is 0 Å². The second-order valence-electron chi connectivity index (χ2n) is 4.78. The summed E-state index contributed by atoms with van der Waals surface area (Å²) in [5.74, 6) is 5.59. The molecule has 0 rings (SSSR count). The Morgan fingerprint density at radius 3 is 2.25 bits per heavy atom. The van der Waals surface area contributed by atoms with E-state index >= 15 is 0 Å². The molecule has 5 nitrogen and oxygen atoms in total. The van der Waals surface area contributed by atoms with Gasteiger partial charge in [0, 0.05) is 26.0 Å². The molecule has 0 fully saturated rings. The van der Waals surface area contributed by atoms with Crippen molar-refractivity contribution >= 4 is 9.84 Å². The molecule has 0 saturated carbocycles. The van der Waals surface area contributed by atoms with Crippen LogP contribution >= 0.6 is 0 Å². The second kappa shape index (κ2) is 5.95. The Morgan fingerprint density at radius 2 is 1.94 bits per heavy atom. The second-order valence-corrected chi connectivity index (χ2v) is 7.38. The summed E-state index contributed by atoms with van der Waals surface area (Å²) in [6.45, 7) is 5.95. The van der Waals surface area contributed by atoms with E-state index in [1.807, 2.05) is 6.92 Å². The van der Waals surface area contributed by atoms with E-state index < -0.39 is 14.6 Å². The van der Waals surface area contributed by atoms with Crippen LogP contribution in [0.1, 0.15) is 27.2 Å². The van der Waals surface area contributed by atoms with Gasteiger partial charge in [-0.3, -0.25) is 11.3 Å². The number of nitrogens with one attached hydrogen (secondary N) is 1. The normalized spacial score (nSPS) is 17.1. The van der Waals surface area contributed by atoms with Crippen molar-refractivity contribution < 1.29 is 13.2 Å². The van der Waals surface area contributed by atoms with E-state index in [2.05, 4.69) is 5.43 Å². The van der Waals surface area contributed by atoms with Crippen LogP contribution in [0.5, 0.6) is 0 Å². The van der Waals surface area contributed by atoms with Crippen molar-refractivity contribution in [1.82, 2.24) is 5.43 Å². The fourth-order valence-electron chi connectivity index (χ4n) is 1.75. The average molecular weight is 252 g/mol. The largest absolute Gasteiger partial charge is 0.385 e. The van der Waals surface area contributed by atoms with Gasteiger partial charge in [-0.05, 0) is 26.2 Å². The molecule has 0 amide bonds. The molecule has 98 valence electrons. The maximum absolute atomic E-state index is 11.7. The Morgan fingerprint density at radius 1 is 1.44 bits per heavy atom. The lowest BCUT2D eigenvalue weighted by molar-refractivity contribution is 0.164. The van der Waals surface area contributed by atoms with Crippen molar-refractivity contribution in [2.24, 2.45) is 11.8 Å². The average Bonchev–Trinajstić information content (AvgIpc) is 2.13. The number of hydrogen-bond donors (Lipinski definition) is 2. The molecular weight excluding hydrogens is 228 g/mol. The van der Waals surface area contributed by atoms with E-state index in [1.54, 1.807) is 21.0 Å². The van der Waals surface area contributed by atoms with Crippen molar-refractivity contribution in [2.45, 2.75) is 38.0 Å². The maximum atomic E-state index is 11.7. The highest BCUT2D eigenvalue weighted by atomic mass is 32.2. The van der Waals surface area contributed by atoms with Gasteiger partial charge < -0.3 is 4.74 Å². The van der Waals surface area contributed by atoms with Crippen LogP contribution in [0.3, 0.4) is 0 Å². The Hall–Kier alpha value is -0.170. The summed E-state index contributed by atoms with van der Waals surface area (Å²) in [7, 11) is -1.54. The van der Waals surface area contributed by atoms with Gasteiger partial charge in [0.1, 0.15) is 0 Å². The van der Waals surface area contributed by atoms with Crippen molar-refractivity contribution in [3.63, 3.8) is 0 Å². The monoisotopic (exact) mass is 252 g/mol. The molecule has 6 heteroatoms. The van der Waals surface area contributed by atoms with E-state index in [1.165, 1.54) is 6.26 Å². The van der Waals surface area contributed by atoms with Gasteiger partial charge >= 0.3 is 0 Å². The minimum absolute atomic E-state index is 0.120. The van der Waals surface area contributed by atoms with Crippen LogP contribution in [0, 0.1) is 5.92 Å². The molecule has 3 N–H and O–H groups in total. The molecule has 0 bridgehead atoms. The summed E-state index contributed by atoms with van der Waals surface area (Å²) in [6, 6.07) is -0.294. The molecule has 16 heavy (non-hydrogen) atoms. The van der Waals surface area contributed by atoms with Gasteiger partial charge in [0.05, 0.1) is 4.75 Å². The van der Waals surface area contributed by atoms with Gasteiger partial charge in [0.25, 0.3) is 0 Å². The van der Waals surface area contributed by atoms with Gasteiger partial charge in [-0.1, -0.05) is 6.92 Å². The standard InChI is InChI=1S/C10H24N2O3S/c1-8(6-7-15-4)9(12-11)10(2,3)16(5,13)14/h8-9,12H,6-7,11H2,1-5H3. The third kappa shape index (κ3) is 3.69. The molecule has 0 radical (unpaired) electrons. The summed E-state index contributed by atoms with van der Waals surface area (Å²) < 4.78 is 27.5. The zero-order valence-corrected chi connectivity index (χ0v) is 11.6. The molecule has 0 aromatic heterocycles. The van der Waals surface area contributed by atoms with Gasteiger partial charge in [-0.15, -0.1) is 0 Å². The number of hydrazine groups is 1. The quantitative estimate of drug-likeness (QED) is 0.503. The number of ether oxygens (including phenoxy) is 1. The molecule has 2 atom stereocenters. The van der Waals surface area contributed by atoms with E-state index in [0.29, 0.717) is 6.61 Å². The predicted octanol–water partition coefficient (Wildman–Crippen LogP) is 0.314. The fourth-order valence-corrected chi connectivity index (χ4v) is 2.51. The molecule has 0 saturated heterocycles. The van der Waals surface area contributed by atoms with E-state index in [-0.39, 0.29) is 12.0 Å². The fraction of sp³-hybridized carbons (Fsp3) is 1.00. The highest BCUT2D eigenvalue weighted by molar-refractivity contribution is 7.92. The summed E-state index contributed by atoms with van der Waals surface area (Å²) in [6.07, 6.45) is 2.00. The number of hydrogen-bond acceptors (Lipinski definition) is 5. The number of nitrogens with two attached hydrogens (primary N) is 1. The summed E-state index contributed by atoms with van der Waals surface area (Å²) in [5, 5.41) is 0. The Labute approximate surface area is 98.6 Å². The van der Waals surface area contributed by atoms with Gasteiger partial charge in [0.2, 0.25) is 0 Å². The van der Waals surface area contributed by atoms with Crippen molar-refractivity contribution in [1.29, 1.82) is 0 Å². The van der Waals surface area contributed by atoms with E-state index in [9.17, 15) is 8.42 Å². The number of methoxy groups -OCH3 is 1. The molecule has 0 aromatic rings. The summed E-state index contributed by atoms with van der Waals surface area (Å²) >= 11 is 0. The molecule has 0 aromatic carbocycles. The zero-order chi connectivity index (χ0) is 13.0. The smallest absolute Gasteiger partial charge is 0.154 e. The van der Waals surface area contributed by atoms with Crippen LogP contribution < -0.4 is 11.3 Å². The topological polar surface area (TPSA) is 81.4 Å². The minimum Gasteiger partial charge on any atom is -0.385 e. The molecule has 0 aliphatic rings. The lowest BCUT2D eigenvalue weighted by Crippen LogP contribution is -2.57. The third-order valence-corrected chi connectivity index (χ3v) is 5.40. The minimum atomic E-state index is -3.17. The molecule has 0 spiro atoms. The first-order valence-electron chi connectivity index (χ1n) is 5.33. The van der Waals surface area contributed by atoms with Gasteiger partial charge in [-0.2, -0.15) is 0 Å². The third-order valence-electron chi connectivity index (χ3n) is 3.23. The molecule has 0 aliphatic heterocycles. The van der Waals surface area contributed by atoms with Gasteiger partial charge in [0.15, 0.2) is 9.84 Å². The molecule has 2 unspecified atom stereocenters. The SMILES string of the molecule is COCCC(C)C(NN)C(C)(C)S(C)(=O)=O. The van der Waals surface area contributed by atoms with E-state index in [4.69, 9.17) is 10.6 Å². The highest BCUT2D eigenvalue weighted by Crippen LogP contribution is 2.26. The first-order valence-corrected chi connectivity index (χ1v) is 7.22. The summed E-state index contributed by atoms with van der Waals surface area (Å²) in [4.78, 5) is 0. The zero-order valence-electron chi connectivity index (χ0n) is 10.8. The van der Waals surface area contributed by atoms with Crippen molar-refractivity contribution in [3.05, 3.63) is 0 Å². The Balaban J connectivity index is 4.85. The summed E-state index contributed by atoms with van der Waals surface area (Å²) in [5.41, 5.74) is 2.62. The number of rotatable bonds is 7. The van der Waals surface area contributed by atoms with Crippen LogP contribution in [0.15, 0.2) is 0 Å². The molecule has 0 heterocycles. The first-order chi connectivity index (χ1) is 7.18. The van der Waals surface area contributed by atoms with Crippen molar-refractivity contribution in [2.75, 3.05) is 20.0 Å². The lowest BCUT2D eigenvalue weighted by Gasteiger charge is -2.36. The Kier molecular flexibility index (Phi) is 5.89. The van der Waals surface area contributed by atoms with Crippen molar-refractivity contribution in [3.8, 4) is 0 Å². The van der Waals surface area contributed by atoms with Crippen LogP contribution in [0.2, 0.25) is 0 Å². The highest BCUT2D eigenvalue weighted by Gasteiger charge is 2.41. The van der Waals surface area contributed by atoms with Crippen LogP contribution in [-0.2, 0) is 14.6 Å². The maximum Gasteiger partial charge on any atom is 0.154 e. The molecule has 0 aliphatic carbocycles. The Bertz CT molecular complexity index is 301. The lowest BCUT2D eigenvalue weighted by atomic mass is 9.89. The van der Waals surface area contributed by atoms with Crippen LogP contribution in [0.25, 0.3) is 0 Å². The first kappa shape index (κ1) is 15.8. The molecular formula is C10H24N2O3S. The number of sulfone groups is 1. The van der Waals surface area contributed by atoms with Gasteiger partial charge in [-0.25, -0.2) is 8.42 Å². The van der Waals surface area contributed by atoms with E-state index in [0.717, 1.165) is 6.42 Å².